The first-order chi connectivity index (χ1) is 15.0. The first-order valence-electron chi connectivity index (χ1n) is 9.39. The molecule has 1 fully saturated rings. The van der Waals surface area contributed by atoms with Crippen LogP contribution in [0.3, 0.4) is 0 Å². The van der Waals surface area contributed by atoms with Crippen LogP contribution in [0.5, 0.6) is 5.75 Å². The second kappa shape index (κ2) is 8.71. The van der Waals surface area contributed by atoms with Gasteiger partial charge < -0.3 is 4.74 Å². The molecule has 4 rings (SSSR count). The molecule has 1 aliphatic heterocycles. The number of hydrogen-bond acceptors (Lipinski definition) is 4. The maximum Gasteiger partial charge on any atom is 0.270 e. The summed E-state index contributed by atoms with van der Waals surface area (Å²) < 4.78 is 5.38. The Morgan fingerprint density at radius 2 is 1.35 bits per heavy atom. The second-order valence-corrected chi connectivity index (χ2v) is 7.48. The van der Waals surface area contributed by atoms with E-state index in [1.165, 1.54) is 23.0 Å². The van der Waals surface area contributed by atoms with E-state index < -0.39 is 11.8 Å². The van der Waals surface area contributed by atoms with Crippen molar-refractivity contribution in [2.45, 2.75) is 0 Å². The minimum atomic E-state index is -0.518. The molecule has 3 aromatic carbocycles. The molecule has 0 bridgehead atoms. The van der Waals surface area contributed by atoms with Gasteiger partial charge in [-0.05, 0) is 60.8 Å². The molecular formula is C24H17ClN2O3S. The highest BCUT2D eigenvalue weighted by atomic mass is 35.5. The number of halogens is 1. The van der Waals surface area contributed by atoms with Crippen LogP contribution < -0.4 is 14.5 Å². The van der Waals surface area contributed by atoms with E-state index >= 15 is 0 Å². The van der Waals surface area contributed by atoms with Crippen LogP contribution >= 0.6 is 23.8 Å². The Bertz CT molecular complexity index is 1130. The Balaban J connectivity index is 1.90. The number of carbonyl (C=O) groups is 2. The van der Waals surface area contributed by atoms with Gasteiger partial charge in [0.2, 0.25) is 0 Å². The fourth-order valence-electron chi connectivity index (χ4n) is 3.31. The van der Waals surface area contributed by atoms with Crippen LogP contribution in [-0.4, -0.2) is 24.0 Å². The summed E-state index contributed by atoms with van der Waals surface area (Å²) in [5.74, 6) is -0.547. The molecule has 3 aromatic rings. The van der Waals surface area contributed by atoms with Gasteiger partial charge in [0.05, 0.1) is 18.5 Å². The van der Waals surface area contributed by atoms with Crippen LogP contribution in [-0.2, 0) is 9.59 Å². The second-order valence-electron chi connectivity index (χ2n) is 6.68. The van der Waals surface area contributed by atoms with Crippen LogP contribution in [0.25, 0.3) is 6.08 Å². The third-order valence-electron chi connectivity index (χ3n) is 4.77. The Hall–Kier alpha value is -3.48. The zero-order valence-corrected chi connectivity index (χ0v) is 18.1. The van der Waals surface area contributed by atoms with Crippen molar-refractivity contribution in [1.29, 1.82) is 0 Å². The Labute approximate surface area is 190 Å². The number of benzene rings is 3. The fraction of sp³-hybridized carbons (Fsp3) is 0.0417. The number of amides is 2. The molecule has 5 nitrogen and oxygen atoms in total. The van der Waals surface area contributed by atoms with Gasteiger partial charge in [0.25, 0.3) is 11.8 Å². The molecular weight excluding hydrogens is 432 g/mol. The monoisotopic (exact) mass is 448 g/mol. The van der Waals surface area contributed by atoms with Gasteiger partial charge in [-0.25, -0.2) is 0 Å². The number of thiocarbonyl (C=S) groups is 1. The third kappa shape index (κ3) is 3.95. The van der Waals surface area contributed by atoms with Crippen molar-refractivity contribution in [1.82, 2.24) is 0 Å². The van der Waals surface area contributed by atoms with Crippen molar-refractivity contribution in [3.8, 4) is 5.75 Å². The minimum absolute atomic E-state index is 0.0538. The molecule has 31 heavy (non-hydrogen) atoms. The average molecular weight is 449 g/mol. The fourth-order valence-corrected chi connectivity index (χ4v) is 3.87. The summed E-state index contributed by atoms with van der Waals surface area (Å²) in [5, 5.41) is 0.543. The van der Waals surface area contributed by atoms with Crippen LogP contribution in [0.4, 0.5) is 11.4 Å². The molecule has 1 saturated heterocycles. The SMILES string of the molecule is COc1ccc(Cl)cc1C=C1C(=O)N(c2ccccc2)C(=S)N(c2ccccc2)C1=O. The number of methoxy groups -OCH3 is 1. The first-order valence-corrected chi connectivity index (χ1v) is 10.2. The molecule has 0 radical (unpaired) electrons. The van der Waals surface area contributed by atoms with Crippen molar-refractivity contribution in [2.75, 3.05) is 16.9 Å². The summed E-state index contributed by atoms with van der Waals surface area (Å²) in [5.41, 5.74) is 1.59. The van der Waals surface area contributed by atoms with E-state index in [0.29, 0.717) is 27.7 Å². The van der Waals surface area contributed by atoms with E-state index in [0.717, 1.165) is 0 Å². The van der Waals surface area contributed by atoms with E-state index in [4.69, 9.17) is 28.6 Å². The summed E-state index contributed by atoms with van der Waals surface area (Å²) >= 11 is 11.7. The molecule has 0 atom stereocenters. The normalized spacial score (nSPS) is 14.1. The van der Waals surface area contributed by atoms with Gasteiger partial charge in [-0.3, -0.25) is 19.4 Å². The van der Waals surface area contributed by atoms with Gasteiger partial charge in [-0.15, -0.1) is 0 Å². The van der Waals surface area contributed by atoms with Crippen molar-refractivity contribution in [2.24, 2.45) is 0 Å². The Kier molecular flexibility index (Phi) is 5.84. The quantitative estimate of drug-likeness (QED) is 0.316. The lowest BCUT2D eigenvalue weighted by atomic mass is 10.0. The Morgan fingerprint density at radius 1 is 0.839 bits per heavy atom. The third-order valence-corrected chi connectivity index (χ3v) is 5.37. The van der Waals surface area contributed by atoms with Crippen LogP contribution in [0.15, 0.2) is 84.4 Å². The molecule has 154 valence electrons. The number of hydrogen-bond donors (Lipinski definition) is 0. The number of para-hydroxylation sites is 2. The largest absolute Gasteiger partial charge is 0.496 e. The summed E-state index contributed by atoms with van der Waals surface area (Å²) in [6.07, 6.45) is 1.49. The van der Waals surface area contributed by atoms with E-state index in [1.807, 2.05) is 12.1 Å². The zero-order chi connectivity index (χ0) is 22.0. The number of nitrogens with zero attached hydrogens (tertiary/aromatic N) is 2. The predicted octanol–water partition coefficient (Wildman–Crippen LogP) is 5.10. The van der Waals surface area contributed by atoms with E-state index in [-0.39, 0.29) is 10.7 Å². The highest BCUT2D eigenvalue weighted by molar-refractivity contribution is 7.81. The van der Waals surface area contributed by atoms with E-state index in [9.17, 15) is 9.59 Å². The summed E-state index contributed by atoms with van der Waals surface area (Å²) in [6, 6.07) is 23.0. The maximum atomic E-state index is 13.5. The van der Waals surface area contributed by atoms with E-state index in [2.05, 4.69) is 0 Å². The standard InChI is InChI=1S/C24H17ClN2O3S/c1-30-21-13-12-17(25)14-16(21)15-20-22(28)26(18-8-4-2-5-9-18)24(31)27(23(20)29)19-10-6-3-7-11-19/h2-15H,1H3. The van der Waals surface area contributed by atoms with Crippen molar-refractivity contribution in [3.63, 3.8) is 0 Å². The van der Waals surface area contributed by atoms with Crippen LogP contribution in [0, 0.1) is 0 Å². The van der Waals surface area contributed by atoms with Gasteiger partial charge >= 0.3 is 0 Å². The summed E-state index contributed by atoms with van der Waals surface area (Å²) in [4.78, 5) is 29.6. The lowest BCUT2D eigenvalue weighted by Crippen LogP contribution is -2.56. The minimum Gasteiger partial charge on any atom is -0.496 e. The van der Waals surface area contributed by atoms with Gasteiger partial charge in [0.1, 0.15) is 11.3 Å². The van der Waals surface area contributed by atoms with Gasteiger partial charge in [0, 0.05) is 10.6 Å². The molecule has 1 heterocycles. The van der Waals surface area contributed by atoms with Gasteiger partial charge in [-0.2, -0.15) is 0 Å². The molecule has 0 aliphatic carbocycles. The maximum absolute atomic E-state index is 13.5. The number of ether oxygens (including phenoxy) is 1. The molecule has 0 aromatic heterocycles. The lowest BCUT2D eigenvalue weighted by Gasteiger charge is -2.36. The van der Waals surface area contributed by atoms with Crippen molar-refractivity contribution >= 4 is 58.2 Å². The van der Waals surface area contributed by atoms with Crippen molar-refractivity contribution in [3.05, 3.63) is 95.0 Å². The predicted molar refractivity (Wildman–Crippen MR) is 126 cm³/mol. The molecule has 7 heteroatoms. The van der Waals surface area contributed by atoms with E-state index in [1.54, 1.807) is 66.7 Å². The average Bonchev–Trinajstić information content (AvgIpc) is 2.78. The van der Waals surface area contributed by atoms with Crippen LogP contribution in [0.2, 0.25) is 5.02 Å². The topological polar surface area (TPSA) is 49.9 Å². The summed E-state index contributed by atoms with van der Waals surface area (Å²) in [7, 11) is 1.51. The molecule has 0 unspecified atom stereocenters. The highest BCUT2D eigenvalue weighted by Gasteiger charge is 2.41. The number of carbonyl (C=O) groups excluding carboxylic acids is 2. The summed E-state index contributed by atoms with van der Waals surface area (Å²) in [6.45, 7) is 0. The lowest BCUT2D eigenvalue weighted by molar-refractivity contribution is -0.120. The van der Waals surface area contributed by atoms with Crippen LogP contribution in [0.1, 0.15) is 5.56 Å². The molecule has 2 amide bonds. The first kappa shape index (κ1) is 20.8. The highest BCUT2D eigenvalue weighted by Crippen LogP contribution is 2.31. The molecule has 0 N–H and O–H groups in total. The molecule has 0 saturated carbocycles. The van der Waals surface area contributed by atoms with Gasteiger partial charge in [-0.1, -0.05) is 48.0 Å². The number of anilines is 2. The Morgan fingerprint density at radius 3 is 1.84 bits per heavy atom. The van der Waals surface area contributed by atoms with Gasteiger partial charge in [0.15, 0.2) is 5.11 Å². The van der Waals surface area contributed by atoms with Crippen molar-refractivity contribution < 1.29 is 14.3 Å². The number of rotatable bonds is 4. The molecule has 1 aliphatic rings. The zero-order valence-electron chi connectivity index (χ0n) is 16.5. The molecule has 0 spiro atoms. The smallest absolute Gasteiger partial charge is 0.270 e.